The molecule has 0 aliphatic carbocycles. The molecule has 1 atom stereocenters. The van der Waals surface area contributed by atoms with Crippen LogP contribution < -0.4 is 16.0 Å². The second-order valence-corrected chi connectivity index (χ2v) is 2.98. The van der Waals surface area contributed by atoms with Gasteiger partial charge in [-0.3, -0.25) is 11.3 Å². The average molecular weight is 211 g/mol. The molecule has 0 aromatic carbocycles. The molecule has 0 aliphatic heterocycles. The molecule has 1 aromatic heterocycles. The van der Waals surface area contributed by atoms with Crippen LogP contribution in [0.1, 0.15) is 18.5 Å². The van der Waals surface area contributed by atoms with Crippen LogP contribution in [0.5, 0.6) is 5.88 Å². The molecule has 0 bridgehead atoms. The number of hydrogen-bond donors (Lipinski definition) is 2. The standard InChI is InChI=1S/C10H17N3O2/c1-3-15-7-9(13-11)8-5-4-6-12-10(8)14-2/h4-6,9,13H,3,7,11H2,1-2H3. The van der Waals surface area contributed by atoms with E-state index in [9.17, 15) is 0 Å². The summed E-state index contributed by atoms with van der Waals surface area (Å²) in [7, 11) is 1.58. The molecule has 5 nitrogen and oxygen atoms in total. The third-order valence-electron chi connectivity index (χ3n) is 2.06. The summed E-state index contributed by atoms with van der Waals surface area (Å²) in [6, 6.07) is 3.65. The molecule has 0 saturated carbocycles. The molecular formula is C10H17N3O2. The summed E-state index contributed by atoms with van der Waals surface area (Å²) in [4.78, 5) is 4.10. The van der Waals surface area contributed by atoms with Crippen LogP contribution in [0.3, 0.4) is 0 Å². The summed E-state index contributed by atoms with van der Waals surface area (Å²) in [5, 5.41) is 0. The van der Waals surface area contributed by atoms with Gasteiger partial charge in [-0.05, 0) is 13.0 Å². The van der Waals surface area contributed by atoms with Crippen LogP contribution in [-0.4, -0.2) is 25.3 Å². The summed E-state index contributed by atoms with van der Waals surface area (Å²) >= 11 is 0. The topological polar surface area (TPSA) is 69.4 Å². The zero-order chi connectivity index (χ0) is 11.1. The van der Waals surface area contributed by atoms with Crippen molar-refractivity contribution in [3.8, 4) is 5.88 Å². The first-order valence-corrected chi connectivity index (χ1v) is 4.86. The summed E-state index contributed by atoms with van der Waals surface area (Å²) in [5.74, 6) is 6.03. The van der Waals surface area contributed by atoms with Gasteiger partial charge in [0.1, 0.15) is 0 Å². The Hall–Kier alpha value is -1.17. The fraction of sp³-hybridized carbons (Fsp3) is 0.500. The van der Waals surface area contributed by atoms with Crippen LogP contribution in [0.2, 0.25) is 0 Å². The third-order valence-corrected chi connectivity index (χ3v) is 2.06. The first-order chi connectivity index (χ1) is 7.33. The Balaban J connectivity index is 2.80. The van der Waals surface area contributed by atoms with E-state index >= 15 is 0 Å². The number of hydrazine groups is 1. The molecule has 0 amide bonds. The van der Waals surface area contributed by atoms with E-state index in [0.717, 1.165) is 5.56 Å². The molecule has 1 unspecified atom stereocenters. The zero-order valence-electron chi connectivity index (χ0n) is 9.06. The van der Waals surface area contributed by atoms with E-state index in [0.29, 0.717) is 19.1 Å². The molecule has 84 valence electrons. The van der Waals surface area contributed by atoms with E-state index in [2.05, 4.69) is 10.4 Å². The van der Waals surface area contributed by atoms with Crippen molar-refractivity contribution in [2.75, 3.05) is 20.3 Å². The largest absolute Gasteiger partial charge is 0.481 e. The van der Waals surface area contributed by atoms with E-state index in [1.807, 2.05) is 19.1 Å². The molecule has 0 fully saturated rings. The molecule has 1 aromatic rings. The normalized spacial score (nSPS) is 12.5. The first kappa shape index (κ1) is 11.9. The highest BCUT2D eigenvalue weighted by Gasteiger charge is 2.14. The molecule has 0 spiro atoms. The first-order valence-electron chi connectivity index (χ1n) is 4.86. The van der Waals surface area contributed by atoms with Gasteiger partial charge in [0.05, 0.1) is 19.8 Å². The smallest absolute Gasteiger partial charge is 0.217 e. The summed E-state index contributed by atoms with van der Waals surface area (Å²) in [6.45, 7) is 3.09. The van der Waals surface area contributed by atoms with Crippen molar-refractivity contribution in [1.82, 2.24) is 10.4 Å². The van der Waals surface area contributed by atoms with E-state index in [-0.39, 0.29) is 6.04 Å². The van der Waals surface area contributed by atoms with Gasteiger partial charge in [0.2, 0.25) is 5.88 Å². The number of rotatable bonds is 6. The molecule has 1 rings (SSSR count). The van der Waals surface area contributed by atoms with Gasteiger partial charge in [-0.15, -0.1) is 0 Å². The quantitative estimate of drug-likeness (QED) is 0.533. The van der Waals surface area contributed by atoms with E-state index in [1.54, 1.807) is 13.3 Å². The van der Waals surface area contributed by atoms with Crippen LogP contribution in [0.4, 0.5) is 0 Å². The number of nitrogens with one attached hydrogen (secondary N) is 1. The van der Waals surface area contributed by atoms with Crippen molar-refractivity contribution < 1.29 is 9.47 Å². The van der Waals surface area contributed by atoms with Gasteiger partial charge < -0.3 is 9.47 Å². The van der Waals surface area contributed by atoms with E-state index in [1.165, 1.54) is 0 Å². The number of nitrogens with two attached hydrogens (primary N) is 1. The lowest BCUT2D eigenvalue weighted by Gasteiger charge is -2.17. The number of ether oxygens (including phenoxy) is 2. The van der Waals surface area contributed by atoms with Gasteiger partial charge >= 0.3 is 0 Å². The van der Waals surface area contributed by atoms with E-state index < -0.39 is 0 Å². The molecule has 15 heavy (non-hydrogen) atoms. The molecular weight excluding hydrogens is 194 g/mol. The lowest BCUT2D eigenvalue weighted by atomic mass is 10.1. The molecule has 5 heteroatoms. The Labute approximate surface area is 89.6 Å². The Morgan fingerprint density at radius 1 is 1.60 bits per heavy atom. The number of hydrogen-bond acceptors (Lipinski definition) is 5. The van der Waals surface area contributed by atoms with Crippen LogP contribution in [0, 0.1) is 0 Å². The van der Waals surface area contributed by atoms with Gasteiger partial charge in [-0.1, -0.05) is 6.07 Å². The van der Waals surface area contributed by atoms with Crippen molar-refractivity contribution in [3.63, 3.8) is 0 Å². The summed E-state index contributed by atoms with van der Waals surface area (Å²) in [6.07, 6.45) is 1.68. The average Bonchev–Trinajstić information content (AvgIpc) is 2.30. The molecule has 0 radical (unpaired) electrons. The lowest BCUT2D eigenvalue weighted by molar-refractivity contribution is 0.122. The fourth-order valence-electron chi connectivity index (χ4n) is 1.30. The predicted molar refractivity (Wildman–Crippen MR) is 57.3 cm³/mol. The number of aromatic nitrogens is 1. The van der Waals surface area contributed by atoms with Crippen molar-refractivity contribution in [3.05, 3.63) is 23.9 Å². The van der Waals surface area contributed by atoms with Crippen LogP contribution in [0.15, 0.2) is 18.3 Å². The predicted octanol–water partition coefficient (Wildman–Crippen LogP) is 0.631. The fourth-order valence-corrected chi connectivity index (χ4v) is 1.30. The Bertz CT molecular complexity index is 294. The highest BCUT2D eigenvalue weighted by molar-refractivity contribution is 5.28. The maximum atomic E-state index is 5.46. The lowest BCUT2D eigenvalue weighted by Crippen LogP contribution is -2.31. The van der Waals surface area contributed by atoms with Crippen LogP contribution in [-0.2, 0) is 4.74 Å². The SMILES string of the molecule is CCOCC(NN)c1cccnc1OC. The van der Waals surface area contributed by atoms with Gasteiger partial charge in [0.25, 0.3) is 0 Å². The Kier molecular flexibility index (Phi) is 5.03. The van der Waals surface area contributed by atoms with Crippen LogP contribution in [0.25, 0.3) is 0 Å². The minimum Gasteiger partial charge on any atom is -0.481 e. The second-order valence-electron chi connectivity index (χ2n) is 2.98. The van der Waals surface area contributed by atoms with Crippen molar-refractivity contribution in [1.29, 1.82) is 0 Å². The van der Waals surface area contributed by atoms with Crippen molar-refractivity contribution in [2.24, 2.45) is 5.84 Å². The van der Waals surface area contributed by atoms with E-state index in [4.69, 9.17) is 15.3 Å². The van der Waals surface area contributed by atoms with Gasteiger partial charge in [-0.2, -0.15) is 0 Å². The Morgan fingerprint density at radius 3 is 3.00 bits per heavy atom. The zero-order valence-corrected chi connectivity index (χ0v) is 9.06. The van der Waals surface area contributed by atoms with Gasteiger partial charge in [-0.25, -0.2) is 4.98 Å². The van der Waals surface area contributed by atoms with Crippen molar-refractivity contribution in [2.45, 2.75) is 13.0 Å². The number of methoxy groups -OCH3 is 1. The molecule has 0 saturated heterocycles. The second kappa shape index (κ2) is 6.34. The maximum Gasteiger partial charge on any atom is 0.217 e. The molecule has 0 aliphatic rings. The third kappa shape index (κ3) is 3.16. The minimum atomic E-state index is -0.103. The Morgan fingerprint density at radius 2 is 2.40 bits per heavy atom. The van der Waals surface area contributed by atoms with Crippen LogP contribution >= 0.6 is 0 Å². The molecule has 3 N–H and O–H groups in total. The maximum absolute atomic E-state index is 5.46. The monoisotopic (exact) mass is 211 g/mol. The summed E-state index contributed by atoms with van der Waals surface area (Å²) < 4.78 is 10.5. The minimum absolute atomic E-state index is 0.103. The number of nitrogens with zero attached hydrogens (tertiary/aromatic N) is 1. The molecule has 1 heterocycles. The van der Waals surface area contributed by atoms with Gasteiger partial charge in [0, 0.05) is 18.4 Å². The number of pyridine rings is 1. The highest BCUT2D eigenvalue weighted by Crippen LogP contribution is 2.21. The highest BCUT2D eigenvalue weighted by atomic mass is 16.5. The van der Waals surface area contributed by atoms with Crippen molar-refractivity contribution >= 4 is 0 Å². The summed E-state index contributed by atoms with van der Waals surface area (Å²) in [5.41, 5.74) is 3.58. The van der Waals surface area contributed by atoms with Gasteiger partial charge in [0.15, 0.2) is 0 Å².